The van der Waals surface area contributed by atoms with E-state index in [4.69, 9.17) is 20.2 Å². The molecule has 0 atom stereocenters. The lowest BCUT2D eigenvalue weighted by Gasteiger charge is -2.16. The maximum atomic E-state index is 12.0. The summed E-state index contributed by atoms with van der Waals surface area (Å²) in [7, 11) is 0. The number of carbonyl (C=O) groups is 1. The highest BCUT2D eigenvalue weighted by atomic mass is 32.2. The predicted octanol–water partition coefficient (Wildman–Crippen LogP) is 2.69. The van der Waals surface area contributed by atoms with Crippen LogP contribution in [0.15, 0.2) is 40.1 Å². The van der Waals surface area contributed by atoms with E-state index in [1.807, 2.05) is 22.1 Å². The Morgan fingerprint density at radius 3 is 2.83 bits per heavy atom. The van der Waals surface area contributed by atoms with Crippen LogP contribution in [0.5, 0.6) is 11.5 Å². The molecule has 0 fully saturated rings. The van der Waals surface area contributed by atoms with Crippen molar-refractivity contribution >= 4 is 46.0 Å². The number of aromatic nitrogens is 5. The SMILES string of the molecule is CC(C)(O)C(=O)NCCCn1c(Sc2cc3c(cc2-c2nccs2)OCO3)nc2c(N)ncnc21. The normalized spacial score (nSPS) is 12.9. The van der Waals surface area contributed by atoms with Gasteiger partial charge in [0.1, 0.15) is 16.9 Å². The number of hydrogen-bond acceptors (Lipinski definition) is 11. The zero-order valence-corrected chi connectivity index (χ0v) is 20.7. The number of aliphatic hydroxyl groups is 1. The molecule has 0 spiro atoms. The molecule has 1 aromatic carbocycles. The summed E-state index contributed by atoms with van der Waals surface area (Å²) in [6.45, 7) is 3.96. The van der Waals surface area contributed by atoms with Gasteiger partial charge in [-0.2, -0.15) is 0 Å². The first-order chi connectivity index (χ1) is 16.8. The lowest BCUT2D eigenvalue weighted by Crippen LogP contribution is -2.42. The third kappa shape index (κ3) is 4.74. The summed E-state index contributed by atoms with van der Waals surface area (Å²) in [6, 6.07) is 3.85. The zero-order chi connectivity index (χ0) is 24.6. The first-order valence-corrected chi connectivity index (χ1v) is 12.5. The van der Waals surface area contributed by atoms with E-state index in [-0.39, 0.29) is 12.6 Å². The molecule has 4 aromatic rings. The van der Waals surface area contributed by atoms with Gasteiger partial charge < -0.3 is 30.2 Å². The van der Waals surface area contributed by atoms with Crippen molar-refractivity contribution in [2.24, 2.45) is 0 Å². The summed E-state index contributed by atoms with van der Waals surface area (Å²) in [6.07, 6.45) is 3.75. The van der Waals surface area contributed by atoms with Crippen LogP contribution in [0.3, 0.4) is 0 Å². The van der Waals surface area contributed by atoms with Gasteiger partial charge in [0.15, 0.2) is 33.6 Å². The van der Waals surface area contributed by atoms with Gasteiger partial charge in [0.05, 0.1) is 0 Å². The fraction of sp³-hybridized carbons (Fsp3) is 0.318. The molecule has 0 unspecified atom stereocenters. The second-order valence-corrected chi connectivity index (χ2v) is 10.2. The molecule has 11 nitrogen and oxygen atoms in total. The van der Waals surface area contributed by atoms with Gasteiger partial charge >= 0.3 is 0 Å². The summed E-state index contributed by atoms with van der Waals surface area (Å²) < 4.78 is 13.1. The minimum absolute atomic E-state index is 0.168. The molecule has 4 N–H and O–H groups in total. The molecule has 1 amide bonds. The molecule has 182 valence electrons. The number of carbonyl (C=O) groups excluding carboxylic acids is 1. The number of ether oxygens (including phenoxy) is 2. The Morgan fingerprint density at radius 1 is 1.29 bits per heavy atom. The van der Waals surface area contributed by atoms with Crippen molar-refractivity contribution < 1.29 is 19.4 Å². The van der Waals surface area contributed by atoms with Crippen molar-refractivity contribution in [1.29, 1.82) is 0 Å². The van der Waals surface area contributed by atoms with Gasteiger partial charge in [-0.1, -0.05) is 11.8 Å². The number of imidazole rings is 1. The third-order valence-corrected chi connectivity index (χ3v) is 7.12. The fourth-order valence-electron chi connectivity index (χ4n) is 3.50. The second kappa shape index (κ2) is 9.32. The van der Waals surface area contributed by atoms with Crippen molar-refractivity contribution in [2.75, 3.05) is 19.1 Å². The smallest absolute Gasteiger partial charge is 0.251 e. The molecular formula is C22H23N7O4S2. The Bertz CT molecular complexity index is 1380. The monoisotopic (exact) mass is 513 g/mol. The van der Waals surface area contributed by atoms with E-state index in [0.29, 0.717) is 47.3 Å². The van der Waals surface area contributed by atoms with Gasteiger partial charge in [-0.05, 0) is 32.4 Å². The summed E-state index contributed by atoms with van der Waals surface area (Å²) in [5, 5.41) is 16.0. The summed E-state index contributed by atoms with van der Waals surface area (Å²) >= 11 is 2.97. The van der Waals surface area contributed by atoms with E-state index in [0.717, 1.165) is 15.5 Å². The Hall–Kier alpha value is -3.42. The summed E-state index contributed by atoms with van der Waals surface area (Å²) in [5.41, 5.74) is 6.67. The number of benzene rings is 1. The number of rotatable bonds is 8. The quantitative estimate of drug-likeness (QED) is 0.300. The lowest BCUT2D eigenvalue weighted by molar-refractivity contribution is -0.136. The van der Waals surface area contributed by atoms with Crippen molar-refractivity contribution in [3.05, 3.63) is 30.0 Å². The standard InChI is InChI=1S/C22H23N7O4S2/c1-22(2,31)20(30)25-4-3-6-29-18-16(17(23)26-10-27-18)28-21(29)35-15-9-14-13(32-11-33-14)8-12(15)19-24-5-7-34-19/h5,7-10,31H,3-4,6,11H2,1-2H3,(H,25,30)(H2,23,26,27). The molecule has 13 heteroatoms. The predicted molar refractivity (Wildman–Crippen MR) is 131 cm³/mol. The van der Waals surface area contributed by atoms with Crippen LogP contribution in [0.25, 0.3) is 21.7 Å². The molecule has 5 rings (SSSR count). The molecule has 0 saturated heterocycles. The average Bonchev–Trinajstić information content (AvgIpc) is 3.56. The molecule has 0 bridgehead atoms. The first-order valence-electron chi connectivity index (χ1n) is 10.8. The molecule has 0 saturated carbocycles. The largest absolute Gasteiger partial charge is 0.454 e. The molecule has 1 aliphatic heterocycles. The molecule has 4 heterocycles. The molecule has 1 aliphatic rings. The second-order valence-electron chi connectivity index (χ2n) is 8.29. The van der Waals surface area contributed by atoms with Gasteiger partial charge in [-0.3, -0.25) is 4.79 Å². The highest BCUT2D eigenvalue weighted by Crippen LogP contribution is 2.45. The molecular weight excluding hydrogens is 490 g/mol. The highest BCUT2D eigenvalue weighted by molar-refractivity contribution is 7.99. The average molecular weight is 514 g/mol. The zero-order valence-electron chi connectivity index (χ0n) is 19.0. The Labute approximate surface area is 208 Å². The number of amides is 1. The number of nitrogens with one attached hydrogen (secondary N) is 1. The van der Waals surface area contributed by atoms with Crippen molar-refractivity contribution in [3.8, 4) is 22.1 Å². The number of nitrogens with zero attached hydrogens (tertiary/aromatic N) is 5. The minimum atomic E-state index is -1.43. The minimum Gasteiger partial charge on any atom is -0.454 e. The molecule has 0 radical (unpaired) electrons. The maximum Gasteiger partial charge on any atom is 0.251 e. The van der Waals surface area contributed by atoms with Gasteiger partial charge in [0.2, 0.25) is 6.79 Å². The third-order valence-electron chi connectivity index (χ3n) is 5.26. The van der Waals surface area contributed by atoms with Crippen molar-refractivity contribution in [2.45, 2.75) is 42.5 Å². The number of anilines is 1. The number of nitrogen functional groups attached to an aromatic ring is 1. The van der Waals surface area contributed by atoms with E-state index >= 15 is 0 Å². The fourth-order valence-corrected chi connectivity index (χ4v) is 5.28. The van der Waals surface area contributed by atoms with Crippen molar-refractivity contribution in [1.82, 2.24) is 29.8 Å². The van der Waals surface area contributed by atoms with E-state index in [1.54, 1.807) is 6.20 Å². The van der Waals surface area contributed by atoms with Crippen LogP contribution in [0.4, 0.5) is 5.82 Å². The van der Waals surface area contributed by atoms with Crippen LogP contribution in [-0.4, -0.2) is 54.5 Å². The number of hydrogen-bond donors (Lipinski definition) is 3. The van der Waals surface area contributed by atoms with Gasteiger partial charge in [-0.25, -0.2) is 19.9 Å². The van der Waals surface area contributed by atoms with Gasteiger partial charge in [-0.15, -0.1) is 11.3 Å². The Balaban J connectivity index is 1.47. The van der Waals surface area contributed by atoms with E-state index in [9.17, 15) is 9.90 Å². The maximum absolute atomic E-state index is 12.0. The van der Waals surface area contributed by atoms with Crippen molar-refractivity contribution in [3.63, 3.8) is 0 Å². The van der Waals surface area contributed by atoms with E-state index in [1.165, 1.54) is 43.3 Å². The van der Waals surface area contributed by atoms with Gasteiger partial charge in [0, 0.05) is 35.1 Å². The summed E-state index contributed by atoms with van der Waals surface area (Å²) in [5.74, 6) is 1.19. The molecule has 35 heavy (non-hydrogen) atoms. The molecule has 0 aliphatic carbocycles. The van der Waals surface area contributed by atoms with Crippen LogP contribution in [-0.2, 0) is 11.3 Å². The number of thiazole rings is 1. The van der Waals surface area contributed by atoms with Crippen LogP contribution >= 0.6 is 23.1 Å². The molecule has 3 aromatic heterocycles. The van der Waals surface area contributed by atoms with Crippen LogP contribution in [0, 0.1) is 0 Å². The van der Waals surface area contributed by atoms with Crippen LogP contribution in [0.1, 0.15) is 20.3 Å². The van der Waals surface area contributed by atoms with Gasteiger partial charge in [0.25, 0.3) is 5.91 Å². The number of fused-ring (bicyclic) bond motifs is 2. The van der Waals surface area contributed by atoms with E-state index in [2.05, 4.69) is 20.3 Å². The lowest BCUT2D eigenvalue weighted by atomic mass is 10.1. The Kier molecular flexibility index (Phi) is 6.21. The highest BCUT2D eigenvalue weighted by Gasteiger charge is 2.24. The Morgan fingerprint density at radius 2 is 2.09 bits per heavy atom. The number of nitrogens with two attached hydrogens (primary N) is 1. The topological polar surface area (TPSA) is 150 Å². The van der Waals surface area contributed by atoms with E-state index < -0.39 is 11.5 Å². The number of aryl methyl sites for hydroxylation is 1. The summed E-state index contributed by atoms with van der Waals surface area (Å²) in [4.78, 5) is 30.6. The van der Waals surface area contributed by atoms with Crippen LogP contribution in [0.2, 0.25) is 0 Å². The van der Waals surface area contributed by atoms with Crippen LogP contribution < -0.4 is 20.5 Å². The first kappa shape index (κ1) is 23.3.